The lowest BCUT2D eigenvalue weighted by Crippen LogP contribution is -2.59. The number of piperazine rings is 1. The topological polar surface area (TPSA) is 121 Å². The van der Waals surface area contributed by atoms with Gasteiger partial charge in [-0.15, -0.1) is 0 Å². The largest absolute Gasteiger partial charge is 0.497 e. The normalized spacial score (nSPS) is 24.6. The zero-order valence-corrected chi connectivity index (χ0v) is 32.3. The molecule has 4 N–H and O–H groups in total. The van der Waals surface area contributed by atoms with Gasteiger partial charge in [0, 0.05) is 67.3 Å². The first-order valence-corrected chi connectivity index (χ1v) is 19.6. The summed E-state index contributed by atoms with van der Waals surface area (Å²) >= 11 is 0. The van der Waals surface area contributed by atoms with Crippen LogP contribution in [0, 0.1) is 29.0 Å². The van der Waals surface area contributed by atoms with E-state index in [0.717, 1.165) is 60.8 Å². The number of anilines is 1. The van der Waals surface area contributed by atoms with Crippen molar-refractivity contribution in [1.82, 2.24) is 19.4 Å². The van der Waals surface area contributed by atoms with Gasteiger partial charge in [-0.2, -0.15) is 0 Å². The average molecular weight is 738 g/mol. The Hall–Kier alpha value is -4.32. The number of ether oxygens (including phenoxy) is 1. The number of hydrogen-bond acceptors (Lipinski definition) is 7. The zero-order chi connectivity index (χ0) is 38.1. The van der Waals surface area contributed by atoms with Crippen LogP contribution in [0.2, 0.25) is 0 Å². The number of pyridine rings is 2. The van der Waals surface area contributed by atoms with E-state index in [2.05, 4.69) is 47.8 Å². The number of aromatic nitrogens is 2. The Labute approximate surface area is 318 Å². The van der Waals surface area contributed by atoms with E-state index in [0.29, 0.717) is 65.8 Å². The van der Waals surface area contributed by atoms with Crippen LogP contribution in [0.5, 0.6) is 5.75 Å². The van der Waals surface area contributed by atoms with Gasteiger partial charge >= 0.3 is 0 Å². The summed E-state index contributed by atoms with van der Waals surface area (Å²) in [4.78, 5) is 28.6. The van der Waals surface area contributed by atoms with Crippen LogP contribution < -0.4 is 21.3 Å². The molecule has 288 valence electrons. The highest BCUT2D eigenvalue weighted by atomic mass is 19.1. The minimum absolute atomic E-state index is 0.123. The number of nitrogens with two attached hydrogens (primary N) is 1. The van der Waals surface area contributed by atoms with Gasteiger partial charge in [0.2, 0.25) is 0 Å². The minimum atomic E-state index is -0.513. The van der Waals surface area contributed by atoms with E-state index in [1.54, 1.807) is 29.1 Å². The lowest BCUT2D eigenvalue weighted by Gasteiger charge is -2.61. The van der Waals surface area contributed by atoms with E-state index in [1.165, 1.54) is 19.6 Å². The van der Waals surface area contributed by atoms with Crippen molar-refractivity contribution < 1.29 is 14.2 Å². The van der Waals surface area contributed by atoms with Crippen LogP contribution in [0.1, 0.15) is 58.9 Å². The molecule has 4 aromatic rings. The molecule has 1 saturated heterocycles. The van der Waals surface area contributed by atoms with Crippen LogP contribution in [-0.2, 0) is 13.0 Å². The molecule has 2 unspecified atom stereocenters. The van der Waals surface area contributed by atoms with E-state index in [-0.39, 0.29) is 23.5 Å². The van der Waals surface area contributed by atoms with Crippen LogP contribution in [-0.4, -0.2) is 82.0 Å². The van der Waals surface area contributed by atoms with Crippen molar-refractivity contribution in [2.45, 2.75) is 84.7 Å². The van der Waals surface area contributed by atoms with E-state index < -0.39 is 6.23 Å². The molecule has 4 aliphatic rings. The summed E-state index contributed by atoms with van der Waals surface area (Å²) < 4.78 is 21.8. The van der Waals surface area contributed by atoms with Crippen LogP contribution in [0.25, 0.3) is 22.0 Å². The number of rotatable bonds is 11. The average Bonchev–Trinajstić information content (AvgIpc) is 3.17. The Morgan fingerprint density at radius 3 is 2.67 bits per heavy atom. The predicted molar refractivity (Wildman–Crippen MR) is 214 cm³/mol. The summed E-state index contributed by atoms with van der Waals surface area (Å²) in [6, 6.07) is 16.9. The molecule has 0 radical (unpaired) electrons. The summed E-state index contributed by atoms with van der Waals surface area (Å²) in [7, 11) is 1.51. The van der Waals surface area contributed by atoms with E-state index in [9.17, 15) is 14.3 Å². The third kappa shape index (κ3) is 7.50. The number of aliphatic imine (C=N–C) groups is 1. The Morgan fingerprint density at radius 2 is 1.98 bits per heavy atom. The number of nitrogens with zero attached hydrogens (tertiary/aromatic N) is 5. The Morgan fingerprint density at radius 1 is 1.15 bits per heavy atom. The molecule has 0 amide bonds. The number of halogens is 1. The fourth-order valence-electron chi connectivity index (χ4n) is 9.35. The fraction of sp³-hybridized carbons (Fsp3) is 0.512. The van der Waals surface area contributed by atoms with Crippen molar-refractivity contribution in [1.29, 1.82) is 0 Å². The quantitative estimate of drug-likeness (QED) is 0.120. The maximum Gasteiger partial charge on any atom is 0.258 e. The molecule has 4 fully saturated rings. The summed E-state index contributed by atoms with van der Waals surface area (Å²) in [5.74, 6) is 2.75. The highest BCUT2D eigenvalue weighted by Gasteiger charge is 2.56. The second kappa shape index (κ2) is 15.8. The van der Waals surface area contributed by atoms with Gasteiger partial charge in [0.05, 0.1) is 18.8 Å². The molecular formula is C43H56FN7O3. The molecule has 1 aliphatic heterocycles. The van der Waals surface area contributed by atoms with Crippen molar-refractivity contribution in [2.75, 3.05) is 38.6 Å². The van der Waals surface area contributed by atoms with Crippen LogP contribution in [0.3, 0.4) is 0 Å². The molecule has 10 nitrogen and oxygen atoms in total. The Kier molecular flexibility index (Phi) is 11.1. The molecule has 3 aliphatic carbocycles. The monoisotopic (exact) mass is 737 g/mol. The number of guanidine groups is 1. The Bertz CT molecular complexity index is 2040. The predicted octanol–water partition coefficient (Wildman–Crippen LogP) is 6.36. The third-order valence-electron chi connectivity index (χ3n) is 12.8. The second-order valence-corrected chi connectivity index (χ2v) is 16.3. The van der Waals surface area contributed by atoms with Crippen molar-refractivity contribution in [3.63, 3.8) is 0 Å². The first kappa shape index (κ1) is 38.0. The molecule has 11 heteroatoms. The summed E-state index contributed by atoms with van der Waals surface area (Å²) in [5, 5.41) is 16.0. The number of aliphatic hydroxyl groups is 1. The van der Waals surface area contributed by atoms with Crippen LogP contribution >= 0.6 is 0 Å². The smallest absolute Gasteiger partial charge is 0.258 e. The Balaban J connectivity index is 1.21. The molecule has 0 spiro atoms. The molecule has 2 aromatic heterocycles. The maximum absolute atomic E-state index is 14.9. The number of aliphatic hydroxyl groups excluding tert-OH is 1. The number of aryl methyl sites for hydroxylation is 1. The number of hydrogen-bond donors (Lipinski definition) is 3. The van der Waals surface area contributed by atoms with Gasteiger partial charge in [-0.3, -0.25) is 14.7 Å². The fourth-order valence-corrected chi connectivity index (χ4v) is 9.35. The van der Waals surface area contributed by atoms with Crippen molar-refractivity contribution in [3.8, 4) is 17.0 Å². The van der Waals surface area contributed by atoms with E-state index in [4.69, 9.17) is 15.5 Å². The first-order valence-electron chi connectivity index (χ1n) is 19.6. The van der Waals surface area contributed by atoms with Gasteiger partial charge < -0.3 is 30.4 Å². The van der Waals surface area contributed by atoms with Gasteiger partial charge in [0.1, 0.15) is 17.8 Å². The summed E-state index contributed by atoms with van der Waals surface area (Å²) in [6.45, 7) is 12.4. The minimum Gasteiger partial charge on any atom is -0.497 e. The summed E-state index contributed by atoms with van der Waals surface area (Å²) in [5.41, 5.74) is 8.85. The zero-order valence-electron chi connectivity index (χ0n) is 32.3. The standard InChI is InChI=1S/C43H56FN7O3/c1-27-26-49(18-19-50(27)40(52)9-6-15-45)42(48-38-23-32-22-36(28(38)2)43(32,3)4)47-33-11-13-35-31(20-33)21-39(30-8-7-16-46-25-30)51(41(35)53)17-14-29-10-12-34(54-5)24-37(29)44/h7-8,10-13,16,20-21,24-25,27-28,32,36,38,40,52H,6,9,14-15,17-19,22-23,26,45H2,1-5H3,(H,47,48)/t27-,28-,32-,36+,38?,40?/m0/s1. The lowest BCUT2D eigenvalue weighted by molar-refractivity contribution is -0.108. The van der Waals surface area contributed by atoms with Crippen molar-refractivity contribution in [2.24, 2.45) is 33.9 Å². The molecule has 2 aromatic carbocycles. The first-order chi connectivity index (χ1) is 26.0. The van der Waals surface area contributed by atoms with E-state index >= 15 is 0 Å². The molecule has 2 bridgehead atoms. The highest BCUT2D eigenvalue weighted by Crippen LogP contribution is 2.61. The number of benzene rings is 2. The van der Waals surface area contributed by atoms with Crippen molar-refractivity contribution >= 4 is 22.4 Å². The summed E-state index contributed by atoms with van der Waals surface area (Å²) in [6.07, 6.45) is 7.10. The third-order valence-corrected chi connectivity index (χ3v) is 12.8. The lowest BCUT2D eigenvalue weighted by atomic mass is 9.45. The number of fused-ring (bicyclic) bond motifs is 3. The van der Waals surface area contributed by atoms with E-state index in [1.807, 2.05) is 36.4 Å². The number of methoxy groups -OCH3 is 1. The second-order valence-electron chi connectivity index (χ2n) is 16.3. The van der Waals surface area contributed by atoms with Gasteiger partial charge in [-0.05, 0) is 122 Å². The van der Waals surface area contributed by atoms with Gasteiger partial charge in [0.15, 0.2) is 5.96 Å². The van der Waals surface area contributed by atoms with Gasteiger partial charge in [-0.1, -0.05) is 26.8 Å². The molecular weight excluding hydrogens is 682 g/mol. The number of nitrogens with one attached hydrogen (secondary N) is 1. The molecule has 3 saturated carbocycles. The van der Waals surface area contributed by atoms with Crippen LogP contribution in [0.4, 0.5) is 10.1 Å². The van der Waals surface area contributed by atoms with Crippen LogP contribution in [0.15, 0.2) is 76.8 Å². The molecule has 54 heavy (non-hydrogen) atoms. The molecule has 6 atom stereocenters. The maximum atomic E-state index is 14.9. The molecule has 8 rings (SSSR count). The SMILES string of the molecule is COc1ccc(CCn2c(-c3cccnc3)cc3cc(NC(=NC4C[C@@H]5C[C@H]([C@@H]4C)C5(C)C)N4CCN(C(O)CCCN)[C@@H](C)C4)ccc3c2=O)c(F)c1. The molecule has 3 heterocycles. The highest BCUT2D eigenvalue weighted by molar-refractivity contribution is 5.97. The van der Waals surface area contributed by atoms with Gasteiger partial charge in [-0.25, -0.2) is 9.38 Å². The van der Waals surface area contributed by atoms with Crippen molar-refractivity contribution in [3.05, 3.63) is 88.7 Å². The van der Waals surface area contributed by atoms with Gasteiger partial charge in [0.25, 0.3) is 5.56 Å².